The molecule has 0 spiro atoms. The fourth-order valence-electron chi connectivity index (χ4n) is 2.85. The number of amides is 1. The fourth-order valence-corrected chi connectivity index (χ4v) is 4.48. The Morgan fingerprint density at radius 3 is 2.81 bits per heavy atom. The molecule has 9 nitrogen and oxygen atoms in total. The third-order valence-electron chi connectivity index (χ3n) is 4.42. The van der Waals surface area contributed by atoms with Gasteiger partial charge in [0, 0.05) is 10.4 Å². The van der Waals surface area contributed by atoms with Gasteiger partial charge in [-0.3, -0.25) is 4.79 Å². The minimum atomic E-state index is -0.455. The maximum Gasteiger partial charge on any atom is 0.341 e. The molecule has 0 unspecified atom stereocenters. The Bertz CT molecular complexity index is 1140. The van der Waals surface area contributed by atoms with Crippen molar-refractivity contribution >= 4 is 40.0 Å². The van der Waals surface area contributed by atoms with Gasteiger partial charge >= 0.3 is 5.97 Å². The molecule has 32 heavy (non-hydrogen) atoms. The zero-order valence-corrected chi connectivity index (χ0v) is 19.3. The number of thiophene rings is 1. The van der Waals surface area contributed by atoms with Crippen molar-refractivity contribution in [1.29, 1.82) is 0 Å². The van der Waals surface area contributed by atoms with E-state index in [1.807, 2.05) is 13.8 Å². The predicted molar refractivity (Wildman–Crippen MR) is 120 cm³/mol. The highest BCUT2D eigenvalue weighted by Gasteiger charge is 2.21. The van der Waals surface area contributed by atoms with Gasteiger partial charge in [-0.15, -0.1) is 21.5 Å². The highest BCUT2D eigenvalue weighted by molar-refractivity contribution is 7.99. The van der Waals surface area contributed by atoms with Crippen LogP contribution in [0.5, 0.6) is 11.5 Å². The molecule has 3 aromatic rings. The number of fused-ring (bicyclic) bond motifs is 1. The summed E-state index contributed by atoms with van der Waals surface area (Å²) < 4.78 is 21.4. The van der Waals surface area contributed by atoms with Crippen LogP contribution in [-0.2, 0) is 9.53 Å². The van der Waals surface area contributed by atoms with Crippen LogP contribution in [0.1, 0.15) is 41.9 Å². The number of carbonyl (C=O) groups is 2. The molecule has 168 valence electrons. The number of esters is 1. The van der Waals surface area contributed by atoms with Gasteiger partial charge in [0.05, 0.1) is 17.9 Å². The second-order valence-electron chi connectivity index (χ2n) is 7.04. The van der Waals surface area contributed by atoms with Crippen molar-refractivity contribution in [3.05, 3.63) is 34.7 Å². The number of rotatable bonds is 8. The Morgan fingerprint density at radius 2 is 2.03 bits per heavy atom. The van der Waals surface area contributed by atoms with Crippen LogP contribution < -0.4 is 14.8 Å². The lowest BCUT2D eigenvalue weighted by Crippen LogP contribution is -2.15. The minimum absolute atomic E-state index is 0.0416. The molecule has 0 fully saturated rings. The van der Waals surface area contributed by atoms with Crippen molar-refractivity contribution in [1.82, 2.24) is 10.2 Å². The molecule has 0 saturated carbocycles. The quantitative estimate of drug-likeness (QED) is 0.370. The third-order valence-corrected chi connectivity index (χ3v) is 6.59. The number of thioether (sulfide) groups is 1. The van der Waals surface area contributed by atoms with Gasteiger partial charge in [0.15, 0.2) is 11.5 Å². The first-order chi connectivity index (χ1) is 15.4. The van der Waals surface area contributed by atoms with E-state index in [-0.39, 0.29) is 36.2 Å². The maximum absolute atomic E-state index is 12.5. The molecule has 1 aliphatic heterocycles. The number of hydrogen-bond donors (Lipinski definition) is 1. The summed E-state index contributed by atoms with van der Waals surface area (Å²) in [5.74, 6) is 1.11. The van der Waals surface area contributed by atoms with Crippen molar-refractivity contribution in [2.45, 2.75) is 31.9 Å². The molecule has 4 rings (SSSR count). The van der Waals surface area contributed by atoms with Gasteiger partial charge in [0.25, 0.3) is 5.22 Å². The molecule has 1 aromatic carbocycles. The Hall–Kier alpha value is -3.05. The molecule has 11 heteroatoms. The average molecular weight is 476 g/mol. The van der Waals surface area contributed by atoms with Gasteiger partial charge in [-0.1, -0.05) is 25.6 Å². The average Bonchev–Trinajstić information content (AvgIpc) is 3.51. The lowest BCUT2D eigenvalue weighted by Gasteiger charge is -2.05. The summed E-state index contributed by atoms with van der Waals surface area (Å²) in [6.45, 7) is 6.23. The summed E-state index contributed by atoms with van der Waals surface area (Å²) in [5.41, 5.74) is 1.05. The molecule has 1 N–H and O–H groups in total. The zero-order valence-electron chi connectivity index (χ0n) is 17.7. The van der Waals surface area contributed by atoms with Crippen molar-refractivity contribution < 1.29 is 28.2 Å². The number of benzene rings is 1. The first-order valence-corrected chi connectivity index (χ1v) is 11.7. The monoisotopic (exact) mass is 475 g/mol. The molecule has 0 atom stereocenters. The van der Waals surface area contributed by atoms with Crippen molar-refractivity contribution in [3.63, 3.8) is 0 Å². The second kappa shape index (κ2) is 9.61. The van der Waals surface area contributed by atoms with Crippen LogP contribution in [0.3, 0.4) is 0 Å². The van der Waals surface area contributed by atoms with E-state index < -0.39 is 5.97 Å². The van der Waals surface area contributed by atoms with Crippen LogP contribution in [0, 0.1) is 0 Å². The summed E-state index contributed by atoms with van der Waals surface area (Å²) in [4.78, 5) is 25.7. The maximum atomic E-state index is 12.5. The smallest absolute Gasteiger partial charge is 0.341 e. The van der Waals surface area contributed by atoms with E-state index in [9.17, 15) is 9.59 Å². The van der Waals surface area contributed by atoms with Crippen LogP contribution in [-0.4, -0.2) is 41.2 Å². The number of ether oxygens (including phenoxy) is 3. The largest absolute Gasteiger partial charge is 0.462 e. The third kappa shape index (κ3) is 4.89. The molecule has 0 aliphatic carbocycles. The van der Waals surface area contributed by atoms with Crippen LogP contribution in [0.15, 0.2) is 33.9 Å². The van der Waals surface area contributed by atoms with Gasteiger partial charge in [0.1, 0.15) is 5.00 Å². The van der Waals surface area contributed by atoms with Crippen LogP contribution >= 0.6 is 23.1 Å². The van der Waals surface area contributed by atoms with Crippen molar-refractivity contribution in [2.24, 2.45) is 0 Å². The van der Waals surface area contributed by atoms with E-state index in [0.29, 0.717) is 33.5 Å². The molecular formula is C21H21N3O6S2. The number of hydrogen-bond acceptors (Lipinski definition) is 10. The molecule has 2 aromatic heterocycles. The van der Waals surface area contributed by atoms with E-state index >= 15 is 0 Å². The highest BCUT2D eigenvalue weighted by Crippen LogP contribution is 2.36. The zero-order chi connectivity index (χ0) is 22.7. The van der Waals surface area contributed by atoms with E-state index in [2.05, 4.69) is 15.5 Å². The topological polar surface area (TPSA) is 113 Å². The normalized spacial score (nSPS) is 12.2. The molecular weight excluding hydrogens is 454 g/mol. The summed E-state index contributed by atoms with van der Waals surface area (Å²) in [6.07, 6.45) is 0. The van der Waals surface area contributed by atoms with E-state index in [0.717, 1.165) is 16.6 Å². The van der Waals surface area contributed by atoms with Crippen LogP contribution in [0.25, 0.3) is 11.5 Å². The lowest BCUT2D eigenvalue weighted by atomic mass is 10.1. The van der Waals surface area contributed by atoms with Gasteiger partial charge in [-0.05, 0) is 37.1 Å². The number of nitrogens with one attached hydrogen (secondary N) is 1. The fraction of sp³-hybridized carbons (Fsp3) is 0.333. The number of carbonyl (C=O) groups excluding carboxylic acids is 2. The highest BCUT2D eigenvalue weighted by atomic mass is 32.2. The summed E-state index contributed by atoms with van der Waals surface area (Å²) in [5, 5.41) is 11.5. The Kier molecular flexibility index (Phi) is 6.66. The number of aromatic nitrogens is 2. The Labute approximate surface area is 192 Å². The summed E-state index contributed by atoms with van der Waals surface area (Å²) in [6, 6.07) is 7.10. The summed E-state index contributed by atoms with van der Waals surface area (Å²) in [7, 11) is 0. The second-order valence-corrected chi connectivity index (χ2v) is 9.06. The first kappa shape index (κ1) is 22.2. The SMILES string of the molecule is CCOC(=O)c1cc(C(C)C)sc1NC(=O)CSc1nnc(-c2ccc3c(c2)OCO3)o1. The predicted octanol–water partition coefficient (Wildman–Crippen LogP) is 4.56. The van der Waals surface area contributed by atoms with E-state index in [1.165, 1.54) is 11.3 Å². The van der Waals surface area contributed by atoms with E-state index in [4.69, 9.17) is 18.6 Å². The number of anilines is 1. The molecule has 1 aliphatic rings. The van der Waals surface area contributed by atoms with Gasteiger partial charge < -0.3 is 23.9 Å². The Balaban J connectivity index is 1.39. The molecule has 0 bridgehead atoms. The van der Waals surface area contributed by atoms with Crippen molar-refractivity contribution in [3.8, 4) is 23.0 Å². The standard InChI is InChI=1S/C21H21N3O6S2/c1-4-27-20(26)13-8-16(11(2)3)32-19(13)22-17(25)9-31-21-24-23-18(30-21)12-5-6-14-15(7-12)29-10-28-14/h5-8,11H,4,9-10H2,1-3H3,(H,22,25). The van der Waals surface area contributed by atoms with Crippen molar-refractivity contribution in [2.75, 3.05) is 24.5 Å². The van der Waals surface area contributed by atoms with Gasteiger partial charge in [-0.2, -0.15) is 0 Å². The molecule has 0 saturated heterocycles. The summed E-state index contributed by atoms with van der Waals surface area (Å²) >= 11 is 2.47. The van der Waals surface area contributed by atoms with Crippen LogP contribution in [0.4, 0.5) is 5.00 Å². The molecule has 1 amide bonds. The van der Waals surface area contributed by atoms with Gasteiger partial charge in [0.2, 0.25) is 18.6 Å². The Morgan fingerprint density at radius 1 is 1.22 bits per heavy atom. The first-order valence-electron chi connectivity index (χ1n) is 9.91. The minimum Gasteiger partial charge on any atom is -0.462 e. The molecule has 3 heterocycles. The van der Waals surface area contributed by atoms with E-state index in [1.54, 1.807) is 31.2 Å². The molecule has 0 radical (unpaired) electrons. The number of nitrogens with zero attached hydrogens (tertiary/aromatic N) is 2. The van der Waals surface area contributed by atoms with Crippen LogP contribution in [0.2, 0.25) is 0 Å². The van der Waals surface area contributed by atoms with Gasteiger partial charge in [-0.25, -0.2) is 4.79 Å². The lowest BCUT2D eigenvalue weighted by molar-refractivity contribution is -0.113.